The molecule has 0 bridgehead atoms. The summed E-state index contributed by atoms with van der Waals surface area (Å²) in [5, 5.41) is 9.08. The summed E-state index contributed by atoms with van der Waals surface area (Å²) in [4.78, 5) is 31.7. The molecule has 354 valence electrons. The minimum Gasteiger partial charge on any atom is -0.486 e. The van der Waals surface area contributed by atoms with Crippen LogP contribution in [0, 0.1) is 10.8 Å². The second-order valence-corrected chi connectivity index (χ2v) is 18.4. The first kappa shape index (κ1) is 51.3. The summed E-state index contributed by atoms with van der Waals surface area (Å²) in [6, 6.07) is 30.1. The number of carboxylic acids is 1. The largest absolute Gasteiger partial charge is 0.486 e. The first-order chi connectivity index (χ1) is 31.4. The van der Waals surface area contributed by atoms with Crippen LogP contribution in [-0.2, 0) is 17.1 Å². The van der Waals surface area contributed by atoms with Crippen molar-refractivity contribution in [3.63, 3.8) is 0 Å². The Morgan fingerprint density at radius 3 is 1.16 bits per heavy atom. The molecule has 0 aliphatic heterocycles. The highest BCUT2D eigenvalue weighted by molar-refractivity contribution is 5.89. The standard InChI is InChI=1S/C27H28F3NO3.C26H26F3NO3/c1-26(2,3)16-15-24(34-22-12-7-19(8-13-22)25(32)33-4)20-9-14-23(31-17-20)18-5-10-21(11-6-18)27(28,29)30;1-25(2,3)15-14-23(33-21-11-6-18(7-12-21)24(31)32)19-8-13-22(30-16-19)17-4-9-20(10-5-17)26(27,28)29/h5-14,17,24H,15-16H2,1-4H3;4-13,16,23H,14-15H2,1-3H3,(H,31,32). The Labute approximate surface area is 387 Å². The zero-order chi connectivity index (χ0) is 49.2. The van der Waals surface area contributed by atoms with Gasteiger partial charge in [0.25, 0.3) is 0 Å². The molecular formula is C53H54F6N2O6. The van der Waals surface area contributed by atoms with Gasteiger partial charge in [-0.2, -0.15) is 26.3 Å². The topological polar surface area (TPSA) is 108 Å². The van der Waals surface area contributed by atoms with Gasteiger partial charge in [-0.05, 0) is 121 Å². The Bertz CT molecular complexity index is 2510. The molecule has 1 N–H and O–H groups in total. The van der Waals surface area contributed by atoms with E-state index in [2.05, 4.69) is 51.5 Å². The minimum absolute atomic E-state index is 0.0857. The number of hydrogen-bond donors (Lipinski definition) is 1. The van der Waals surface area contributed by atoms with Gasteiger partial charge in [0, 0.05) is 34.6 Å². The van der Waals surface area contributed by atoms with Crippen LogP contribution in [0.15, 0.2) is 134 Å². The third-order valence-corrected chi connectivity index (χ3v) is 10.6. The molecule has 0 aliphatic carbocycles. The normalized spacial score (nSPS) is 12.9. The lowest BCUT2D eigenvalue weighted by atomic mass is 9.88. The Morgan fingerprint density at radius 1 is 0.522 bits per heavy atom. The molecule has 0 saturated carbocycles. The molecule has 2 aromatic heterocycles. The molecule has 6 aromatic rings. The summed E-state index contributed by atoms with van der Waals surface area (Å²) >= 11 is 0. The van der Waals surface area contributed by atoms with Crippen molar-refractivity contribution in [3.05, 3.63) is 167 Å². The molecule has 0 spiro atoms. The molecule has 0 fully saturated rings. The molecule has 2 atom stereocenters. The summed E-state index contributed by atoms with van der Waals surface area (Å²) in [7, 11) is 1.33. The van der Waals surface area contributed by atoms with E-state index in [0.717, 1.165) is 54.7 Å². The Hall–Kier alpha value is -6.70. The van der Waals surface area contributed by atoms with Crippen molar-refractivity contribution in [2.75, 3.05) is 7.11 Å². The van der Waals surface area contributed by atoms with Crippen LogP contribution in [0.1, 0.15) is 122 Å². The number of nitrogens with zero attached hydrogens (tertiary/aromatic N) is 2. The predicted octanol–water partition coefficient (Wildman–Crippen LogP) is 14.9. The Morgan fingerprint density at radius 2 is 0.881 bits per heavy atom. The Balaban J connectivity index is 0.000000251. The average molecular weight is 929 g/mol. The minimum atomic E-state index is -4.38. The number of methoxy groups -OCH3 is 1. The van der Waals surface area contributed by atoms with Gasteiger partial charge >= 0.3 is 24.3 Å². The van der Waals surface area contributed by atoms with Gasteiger partial charge < -0.3 is 19.3 Å². The fourth-order valence-corrected chi connectivity index (χ4v) is 6.70. The summed E-state index contributed by atoms with van der Waals surface area (Å²) in [6.45, 7) is 12.9. The fraction of sp³-hybridized carbons (Fsp3) is 0.321. The number of carbonyl (C=O) groups excluding carboxylic acids is 1. The van der Waals surface area contributed by atoms with Crippen molar-refractivity contribution in [2.24, 2.45) is 10.8 Å². The Kier molecular flexibility index (Phi) is 16.6. The van der Waals surface area contributed by atoms with Gasteiger partial charge in [0.05, 0.1) is 40.8 Å². The lowest BCUT2D eigenvalue weighted by Gasteiger charge is -2.24. The number of hydrogen-bond acceptors (Lipinski definition) is 7. The summed E-state index contributed by atoms with van der Waals surface area (Å²) in [5.41, 5.74) is 3.42. The highest BCUT2D eigenvalue weighted by Gasteiger charge is 2.31. The van der Waals surface area contributed by atoms with Gasteiger partial charge in [0.1, 0.15) is 23.7 Å². The molecule has 2 heterocycles. The maximum absolute atomic E-state index is 12.8. The van der Waals surface area contributed by atoms with Crippen LogP contribution in [0.25, 0.3) is 22.5 Å². The number of rotatable bonds is 14. The highest BCUT2D eigenvalue weighted by atomic mass is 19.4. The van der Waals surface area contributed by atoms with Crippen molar-refractivity contribution in [2.45, 2.75) is 91.8 Å². The van der Waals surface area contributed by atoms with E-state index >= 15 is 0 Å². The summed E-state index contributed by atoms with van der Waals surface area (Å²) in [5.74, 6) is -0.267. The third-order valence-electron chi connectivity index (χ3n) is 10.6. The van der Waals surface area contributed by atoms with Crippen molar-refractivity contribution in [3.8, 4) is 34.0 Å². The first-order valence-corrected chi connectivity index (χ1v) is 21.5. The van der Waals surface area contributed by atoms with Crippen LogP contribution in [0.5, 0.6) is 11.5 Å². The highest BCUT2D eigenvalue weighted by Crippen LogP contribution is 2.36. The SMILES string of the molecule is CC(C)(C)CCC(Oc1ccc(C(=O)O)cc1)c1ccc(-c2ccc(C(F)(F)F)cc2)nc1.COC(=O)c1ccc(OC(CCC(C)(C)C)c2ccc(-c3ccc(C(F)(F)F)cc3)nc2)cc1. The van der Waals surface area contributed by atoms with E-state index in [4.69, 9.17) is 19.3 Å². The number of aromatic nitrogens is 2. The van der Waals surface area contributed by atoms with Gasteiger partial charge in [-0.15, -0.1) is 0 Å². The number of carboxylic acid groups (broad SMARTS) is 1. The van der Waals surface area contributed by atoms with Crippen molar-refractivity contribution >= 4 is 11.9 Å². The van der Waals surface area contributed by atoms with Crippen molar-refractivity contribution in [1.29, 1.82) is 0 Å². The van der Waals surface area contributed by atoms with Crippen LogP contribution in [-0.4, -0.2) is 34.1 Å². The monoisotopic (exact) mass is 928 g/mol. The number of ether oxygens (including phenoxy) is 3. The van der Waals surface area contributed by atoms with E-state index in [1.807, 2.05) is 12.1 Å². The third kappa shape index (κ3) is 15.7. The molecule has 8 nitrogen and oxygen atoms in total. The molecule has 0 radical (unpaired) electrons. The molecule has 6 rings (SSSR count). The first-order valence-electron chi connectivity index (χ1n) is 21.5. The van der Waals surface area contributed by atoms with Crippen LogP contribution in [0.2, 0.25) is 0 Å². The van der Waals surface area contributed by atoms with E-state index in [1.54, 1.807) is 60.9 Å². The van der Waals surface area contributed by atoms with E-state index in [9.17, 15) is 35.9 Å². The second kappa shape index (κ2) is 21.7. The molecule has 14 heteroatoms. The smallest absolute Gasteiger partial charge is 0.416 e. The number of esters is 1. The zero-order valence-corrected chi connectivity index (χ0v) is 38.3. The summed E-state index contributed by atoms with van der Waals surface area (Å²) in [6.07, 6.45) is -2.74. The van der Waals surface area contributed by atoms with Crippen LogP contribution in [0.4, 0.5) is 26.3 Å². The van der Waals surface area contributed by atoms with Crippen molar-refractivity contribution < 1.29 is 55.2 Å². The predicted molar refractivity (Wildman–Crippen MR) is 245 cm³/mol. The lowest BCUT2D eigenvalue weighted by Crippen LogP contribution is -2.13. The van der Waals surface area contributed by atoms with Gasteiger partial charge in [-0.25, -0.2) is 9.59 Å². The number of halogens is 6. The second-order valence-electron chi connectivity index (χ2n) is 18.4. The fourth-order valence-electron chi connectivity index (χ4n) is 6.70. The van der Waals surface area contributed by atoms with E-state index in [1.165, 1.54) is 43.5 Å². The number of carbonyl (C=O) groups is 2. The summed E-state index contributed by atoms with van der Waals surface area (Å²) < 4.78 is 94.0. The van der Waals surface area contributed by atoms with Gasteiger partial charge in [-0.1, -0.05) is 77.9 Å². The van der Waals surface area contributed by atoms with Crippen LogP contribution < -0.4 is 9.47 Å². The molecule has 4 aromatic carbocycles. The number of alkyl halides is 6. The lowest BCUT2D eigenvalue weighted by molar-refractivity contribution is -0.138. The van der Waals surface area contributed by atoms with Crippen LogP contribution >= 0.6 is 0 Å². The number of aromatic carboxylic acids is 1. The number of benzene rings is 4. The van der Waals surface area contributed by atoms with E-state index in [0.29, 0.717) is 46.0 Å². The molecule has 0 saturated heterocycles. The van der Waals surface area contributed by atoms with Gasteiger partial charge in [0.15, 0.2) is 0 Å². The quantitative estimate of drug-likeness (QED) is 0.0850. The maximum atomic E-state index is 12.8. The molecular weight excluding hydrogens is 875 g/mol. The molecule has 0 amide bonds. The van der Waals surface area contributed by atoms with Crippen molar-refractivity contribution in [1.82, 2.24) is 9.97 Å². The average Bonchev–Trinajstić information content (AvgIpc) is 3.28. The number of pyridine rings is 2. The molecule has 2 unspecified atom stereocenters. The van der Waals surface area contributed by atoms with E-state index in [-0.39, 0.29) is 28.6 Å². The van der Waals surface area contributed by atoms with Gasteiger partial charge in [0.2, 0.25) is 0 Å². The maximum Gasteiger partial charge on any atom is 0.416 e. The van der Waals surface area contributed by atoms with E-state index < -0.39 is 35.4 Å². The van der Waals surface area contributed by atoms with Gasteiger partial charge in [-0.3, -0.25) is 9.97 Å². The molecule has 0 aliphatic rings. The molecule has 67 heavy (non-hydrogen) atoms. The van der Waals surface area contributed by atoms with Crippen LogP contribution in [0.3, 0.4) is 0 Å². The zero-order valence-electron chi connectivity index (χ0n) is 38.3.